The highest BCUT2D eigenvalue weighted by molar-refractivity contribution is 9.10. The van der Waals surface area contributed by atoms with Crippen LogP contribution in [0.1, 0.15) is 31.1 Å². The summed E-state index contributed by atoms with van der Waals surface area (Å²) in [5.74, 6) is 1.90. The molecule has 1 aromatic heterocycles. The molecule has 1 aliphatic carbocycles. The van der Waals surface area contributed by atoms with E-state index < -0.39 is 0 Å². The Morgan fingerprint density at radius 1 is 1.50 bits per heavy atom. The normalized spacial score (nSPS) is 31.1. The van der Waals surface area contributed by atoms with Crippen LogP contribution in [0.25, 0.3) is 0 Å². The Kier molecular flexibility index (Phi) is 2.81. The highest BCUT2D eigenvalue weighted by atomic mass is 79.9. The molecule has 2 aliphatic rings. The van der Waals surface area contributed by atoms with Gasteiger partial charge in [0.25, 0.3) is 0 Å². The number of hydrogen-bond donors (Lipinski definition) is 1. The van der Waals surface area contributed by atoms with E-state index in [1.54, 1.807) is 0 Å². The molecule has 0 amide bonds. The molecule has 0 aromatic carbocycles. The van der Waals surface area contributed by atoms with Crippen molar-refractivity contribution in [2.24, 2.45) is 11.7 Å². The van der Waals surface area contributed by atoms with Crippen molar-refractivity contribution in [2.45, 2.75) is 31.3 Å². The van der Waals surface area contributed by atoms with Crippen LogP contribution in [-0.4, -0.2) is 24.0 Å². The smallest absolute Gasteiger partial charge is 0.169 e. The van der Waals surface area contributed by atoms with Gasteiger partial charge in [0.05, 0.1) is 6.04 Å². The van der Waals surface area contributed by atoms with Crippen molar-refractivity contribution in [3.63, 3.8) is 0 Å². The topological polar surface area (TPSA) is 42.4 Å². The fraction of sp³-hybridized carbons (Fsp3) is 0.667. The van der Waals surface area contributed by atoms with Crippen LogP contribution in [0.4, 0.5) is 0 Å². The second-order valence-electron chi connectivity index (χ2n) is 4.92. The van der Waals surface area contributed by atoms with E-state index in [0.29, 0.717) is 6.54 Å². The van der Waals surface area contributed by atoms with Gasteiger partial charge in [0, 0.05) is 19.1 Å². The Hall–Kier alpha value is -0.320. The zero-order valence-electron chi connectivity index (χ0n) is 9.23. The Balaban J connectivity index is 1.81. The van der Waals surface area contributed by atoms with Crippen LogP contribution < -0.4 is 5.73 Å². The lowest BCUT2D eigenvalue weighted by molar-refractivity contribution is 0.135. The van der Waals surface area contributed by atoms with Crippen LogP contribution in [0, 0.1) is 5.92 Å². The summed E-state index contributed by atoms with van der Waals surface area (Å²) in [5.41, 5.74) is 5.91. The van der Waals surface area contributed by atoms with E-state index in [4.69, 9.17) is 10.2 Å². The molecule has 1 aromatic rings. The Morgan fingerprint density at radius 3 is 2.88 bits per heavy atom. The predicted octanol–water partition coefficient (Wildman–Crippen LogP) is 2.53. The summed E-state index contributed by atoms with van der Waals surface area (Å²) < 4.78 is 6.45. The largest absolute Gasteiger partial charge is 0.453 e. The molecular formula is C12H17BrN2O. The van der Waals surface area contributed by atoms with Crippen LogP contribution in [0.3, 0.4) is 0 Å². The van der Waals surface area contributed by atoms with Gasteiger partial charge in [0.2, 0.25) is 0 Å². The molecule has 4 heteroatoms. The Labute approximate surface area is 104 Å². The van der Waals surface area contributed by atoms with Crippen molar-refractivity contribution in [3.8, 4) is 0 Å². The van der Waals surface area contributed by atoms with Gasteiger partial charge in [-0.25, -0.2) is 0 Å². The summed E-state index contributed by atoms with van der Waals surface area (Å²) in [6.07, 6.45) is 4.10. The van der Waals surface area contributed by atoms with Gasteiger partial charge in [-0.05, 0) is 53.2 Å². The lowest BCUT2D eigenvalue weighted by Crippen LogP contribution is -2.39. The molecule has 16 heavy (non-hydrogen) atoms. The van der Waals surface area contributed by atoms with E-state index in [0.717, 1.165) is 22.4 Å². The van der Waals surface area contributed by atoms with E-state index in [9.17, 15) is 0 Å². The van der Waals surface area contributed by atoms with Crippen LogP contribution in [-0.2, 0) is 0 Å². The fourth-order valence-electron chi connectivity index (χ4n) is 3.27. The number of hydrogen-bond acceptors (Lipinski definition) is 3. The second-order valence-corrected chi connectivity index (χ2v) is 5.70. The molecule has 1 saturated carbocycles. The molecule has 3 unspecified atom stereocenters. The molecular weight excluding hydrogens is 268 g/mol. The molecule has 3 nitrogen and oxygen atoms in total. The number of nitrogens with zero attached hydrogens (tertiary/aromatic N) is 1. The average Bonchev–Trinajstić information content (AvgIpc) is 2.96. The van der Waals surface area contributed by atoms with Crippen LogP contribution in [0.15, 0.2) is 21.2 Å². The first-order valence-corrected chi connectivity index (χ1v) is 6.78. The molecule has 1 aliphatic heterocycles. The molecule has 3 atom stereocenters. The summed E-state index contributed by atoms with van der Waals surface area (Å²) in [5, 5.41) is 0. The third-order valence-corrected chi connectivity index (χ3v) is 4.42. The lowest BCUT2D eigenvalue weighted by Gasteiger charge is -2.32. The highest BCUT2D eigenvalue weighted by Crippen LogP contribution is 2.42. The summed E-state index contributed by atoms with van der Waals surface area (Å²) >= 11 is 3.35. The predicted molar refractivity (Wildman–Crippen MR) is 66.0 cm³/mol. The van der Waals surface area contributed by atoms with Gasteiger partial charge in [-0.3, -0.25) is 4.90 Å². The number of likely N-dealkylation sites (tertiary alicyclic amines) is 1. The first-order valence-electron chi connectivity index (χ1n) is 5.99. The molecule has 3 rings (SSSR count). The number of nitrogens with two attached hydrogens (primary N) is 1. The molecule has 0 radical (unpaired) electrons. The van der Waals surface area contributed by atoms with Crippen molar-refractivity contribution >= 4 is 15.9 Å². The van der Waals surface area contributed by atoms with Crippen molar-refractivity contribution in [2.75, 3.05) is 13.1 Å². The number of halogens is 1. The monoisotopic (exact) mass is 284 g/mol. The maximum Gasteiger partial charge on any atom is 0.169 e. The molecule has 2 N–H and O–H groups in total. The highest BCUT2D eigenvalue weighted by Gasteiger charge is 2.41. The maximum atomic E-state index is 5.91. The van der Waals surface area contributed by atoms with Gasteiger partial charge in [-0.2, -0.15) is 0 Å². The molecule has 1 saturated heterocycles. The van der Waals surface area contributed by atoms with Crippen molar-refractivity contribution < 1.29 is 4.42 Å². The minimum absolute atomic E-state index is 0.265. The molecule has 2 heterocycles. The van der Waals surface area contributed by atoms with E-state index in [-0.39, 0.29) is 6.04 Å². The quantitative estimate of drug-likeness (QED) is 0.928. The zero-order chi connectivity index (χ0) is 11.1. The van der Waals surface area contributed by atoms with Gasteiger partial charge in [-0.15, -0.1) is 0 Å². The number of rotatable bonds is 3. The summed E-state index contributed by atoms with van der Waals surface area (Å²) in [4.78, 5) is 2.54. The summed E-state index contributed by atoms with van der Waals surface area (Å²) in [7, 11) is 0. The number of fused-ring (bicyclic) bond motifs is 2. The van der Waals surface area contributed by atoms with E-state index >= 15 is 0 Å². The van der Waals surface area contributed by atoms with Gasteiger partial charge in [-0.1, -0.05) is 0 Å². The Bertz CT molecular complexity index is 379. The van der Waals surface area contributed by atoms with Crippen molar-refractivity contribution in [3.05, 3.63) is 22.6 Å². The van der Waals surface area contributed by atoms with Gasteiger partial charge < -0.3 is 10.2 Å². The van der Waals surface area contributed by atoms with Crippen LogP contribution in [0.2, 0.25) is 0 Å². The lowest BCUT2D eigenvalue weighted by atomic mass is 10.1. The van der Waals surface area contributed by atoms with Gasteiger partial charge in [0.15, 0.2) is 4.67 Å². The second kappa shape index (κ2) is 4.17. The van der Waals surface area contributed by atoms with Crippen LogP contribution >= 0.6 is 15.9 Å². The van der Waals surface area contributed by atoms with Gasteiger partial charge in [0.1, 0.15) is 5.76 Å². The average molecular weight is 285 g/mol. The van der Waals surface area contributed by atoms with Crippen molar-refractivity contribution in [1.29, 1.82) is 0 Å². The van der Waals surface area contributed by atoms with E-state index in [2.05, 4.69) is 20.8 Å². The zero-order valence-corrected chi connectivity index (χ0v) is 10.8. The third-order valence-electron chi connectivity index (χ3n) is 4.00. The SMILES string of the molecule is NCC(c1ccc(Br)o1)N1CC2CCC1C2. The van der Waals surface area contributed by atoms with E-state index in [1.807, 2.05) is 12.1 Å². The first-order chi connectivity index (χ1) is 7.78. The van der Waals surface area contributed by atoms with Crippen molar-refractivity contribution in [1.82, 2.24) is 4.90 Å². The fourth-order valence-corrected chi connectivity index (χ4v) is 3.59. The molecule has 2 bridgehead atoms. The van der Waals surface area contributed by atoms with Gasteiger partial charge >= 0.3 is 0 Å². The van der Waals surface area contributed by atoms with E-state index in [1.165, 1.54) is 25.8 Å². The first kappa shape index (κ1) is 10.8. The minimum atomic E-state index is 0.265. The van der Waals surface area contributed by atoms with Crippen LogP contribution in [0.5, 0.6) is 0 Å². The Morgan fingerprint density at radius 2 is 2.38 bits per heavy atom. The molecule has 2 fully saturated rings. The maximum absolute atomic E-state index is 5.91. The third kappa shape index (κ3) is 1.73. The number of piperidine rings is 1. The number of furan rings is 1. The summed E-state index contributed by atoms with van der Waals surface area (Å²) in [6, 6.07) is 4.99. The molecule has 0 spiro atoms. The summed E-state index contributed by atoms with van der Waals surface area (Å²) in [6.45, 7) is 1.84. The minimum Gasteiger partial charge on any atom is -0.453 e. The standard InChI is InChI=1S/C12H17BrN2O/c13-12-4-3-11(16-12)10(6-14)15-7-8-1-2-9(15)5-8/h3-4,8-10H,1-2,5-7,14H2. The molecule has 88 valence electrons.